The molecule has 0 atom stereocenters. The van der Waals surface area contributed by atoms with Gasteiger partial charge in [-0.2, -0.15) is 0 Å². The van der Waals surface area contributed by atoms with E-state index in [1.54, 1.807) is 0 Å². The van der Waals surface area contributed by atoms with Gasteiger partial charge in [-0.05, 0) is 45.8 Å². The van der Waals surface area contributed by atoms with Gasteiger partial charge >= 0.3 is 0 Å². The van der Waals surface area contributed by atoms with Crippen LogP contribution < -0.4 is 39.2 Å². The molecule has 0 saturated heterocycles. The Balaban J connectivity index is 0.000000201. The second-order valence-electron chi connectivity index (χ2n) is 19.5. The van der Waals surface area contributed by atoms with Gasteiger partial charge in [-0.3, -0.25) is 0 Å². The molecule has 2 N–H and O–H groups in total. The van der Waals surface area contributed by atoms with Crippen LogP contribution in [0.15, 0.2) is 121 Å². The first-order valence-corrected chi connectivity index (χ1v) is 23.2. The number of hydrogen-bond acceptors (Lipinski definition) is 10. The van der Waals surface area contributed by atoms with Crippen molar-refractivity contribution < 1.29 is 10.2 Å². The number of nitrogens with zero attached hydrogens (tertiary/aromatic N) is 8. The van der Waals surface area contributed by atoms with E-state index in [4.69, 9.17) is 0 Å². The van der Waals surface area contributed by atoms with Crippen molar-refractivity contribution in [2.45, 2.75) is 12.2 Å². The SMILES string of the molecule is CN(C)c1cccc2ccc(C(O)c3ccc4cccc(N(C)C)c4c3N(C)C)c(N(C)C)c12.CN(C)c1cccc2ccc(C(O)c3ccc4cccc(N(C)C)c4c3N(C)C)c(N(C)C)c12. The maximum atomic E-state index is 11.9. The molecule has 0 amide bonds. The molecule has 8 aromatic rings. The zero-order valence-electron chi connectivity index (χ0n) is 43.2. The van der Waals surface area contributed by atoms with Gasteiger partial charge in [-0.1, -0.05) is 97.1 Å². The summed E-state index contributed by atoms with van der Waals surface area (Å²) in [6.45, 7) is 0. The summed E-state index contributed by atoms with van der Waals surface area (Å²) < 4.78 is 0. The Labute approximate surface area is 405 Å². The molecular weight excluding hydrogens is 841 g/mol. The maximum Gasteiger partial charge on any atom is 0.108 e. The van der Waals surface area contributed by atoms with Crippen molar-refractivity contribution in [3.8, 4) is 0 Å². The molecule has 0 aromatic heterocycles. The highest BCUT2D eigenvalue weighted by Gasteiger charge is 2.27. The lowest BCUT2D eigenvalue weighted by molar-refractivity contribution is 0.221. The minimum atomic E-state index is -0.783. The number of fused-ring (bicyclic) bond motifs is 4. The van der Waals surface area contributed by atoms with E-state index in [0.29, 0.717) is 0 Å². The van der Waals surface area contributed by atoms with Crippen LogP contribution in [-0.2, 0) is 0 Å². The largest absolute Gasteiger partial charge is 0.383 e. The normalized spacial score (nSPS) is 11.4. The van der Waals surface area contributed by atoms with Crippen molar-refractivity contribution in [2.24, 2.45) is 0 Å². The van der Waals surface area contributed by atoms with Gasteiger partial charge in [0.05, 0.1) is 22.7 Å². The minimum absolute atomic E-state index is 0.783. The van der Waals surface area contributed by atoms with Crippen LogP contribution >= 0.6 is 0 Å². The molecule has 0 aliphatic rings. The highest BCUT2D eigenvalue weighted by molar-refractivity contribution is 6.09. The van der Waals surface area contributed by atoms with Crippen LogP contribution in [0.2, 0.25) is 0 Å². The summed E-state index contributed by atoms with van der Waals surface area (Å²) in [5, 5.41) is 33.1. The molecule has 10 nitrogen and oxygen atoms in total. The highest BCUT2D eigenvalue weighted by Crippen LogP contribution is 2.47. The Morgan fingerprint density at radius 1 is 0.250 bits per heavy atom. The molecule has 0 spiro atoms. The molecule has 0 fully saturated rings. The van der Waals surface area contributed by atoms with Gasteiger partial charge in [0.25, 0.3) is 0 Å². The van der Waals surface area contributed by atoms with Crippen LogP contribution in [0.5, 0.6) is 0 Å². The van der Waals surface area contributed by atoms with Crippen molar-refractivity contribution in [3.63, 3.8) is 0 Å². The summed E-state index contributed by atoms with van der Waals surface area (Å²) in [7, 11) is 32.9. The quantitative estimate of drug-likeness (QED) is 0.124. The molecule has 356 valence electrons. The van der Waals surface area contributed by atoms with Crippen molar-refractivity contribution in [1.29, 1.82) is 0 Å². The molecule has 68 heavy (non-hydrogen) atoms. The molecular formula is C58H72N8O2. The van der Waals surface area contributed by atoms with Gasteiger partial charge < -0.3 is 49.4 Å². The first kappa shape index (κ1) is 49.0. The topological polar surface area (TPSA) is 66.4 Å². The van der Waals surface area contributed by atoms with E-state index in [2.05, 4.69) is 273 Å². The van der Waals surface area contributed by atoms with Crippen LogP contribution in [0.4, 0.5) is 45.5 Å². The zero-order chi connectivity index (χ0) is 49.5. The molecule has 8 aromatic carbocycles. The van der Waals surface area contributed by atoms with Gasteiger partial charge in [0.1, 0.15) is 12.2 Å². The third kappa shape index (κ3) is 8.98. The van der Waals surface area contributed by atoms with Crippen LogP contribution in [0.25, 0.3) is 43.1 Å². The Morgan fingerprint density at radius 3 is 0.603 bits per heavy atom. The van der Waals surface area contributed by atoms with Crippen molar-refractivity contribution in [2.75, 3.05) is 152 Å². The van der Waals surface area contributed by atoms with Crippen molar-refractivity contribution >= 4 is 88.6 Å². The van der Waals surface area contributed by atoms with Gasteiger partial charge in [0.15, 0.2) is 0 Å². The number of aliphatic hydroxyl groups is 2. The monoisotopic (exact) mass is 913 g/mol. The molecule has 0 aliphatic heterocycles. The van der Waals surface area contributed by atoms with E-state index in [0.717, 1.165) is 111 Å². The molecule has 10 heteroatoms. The third-order valence-electron chi connectivity index (χ3n) is 13.0. The molecule has 0 bridgehead atoms. The van der Waals surface area contributed by atoms with Crippen molar-refractivity contribution in [1.82, 2.24) is 0 Å². The fourth-order valence-corrected chi connectivity index (χ4v) is 10.1. The maximum absolute atomic E-state index is 11.9. The van der Waals surface area contributed by atoms with E-state index >= 15 is 0 Å². The summed E-state index contributed by atoms with van der Waals surface area (Å²) >= 11 is 0. The van der Waals surface area contributed by atoms with Crippen LogP contribution in [0.1, 0.15) is 34.5 Å². The van der Waals surface area contributed by atoms with Gasteiger partial charge in [0, 0.05) is 179 Å². The van der Waals surface area contributed by atoms with E-state index in [9.17, 15) is 10.2 Å². The number of hydrogen-bond donors (Lipinski definition) is 2. The minimum Gasteiger partial charge on any atom is -0.383 e. The summed E-state index contributed by atoms with van der Waals surface area (Å²) in [6, 6.07) is 42.2. The molecule has 0 unspecified atom stereocenters. The standard InChI is InChI=1S/2C29H36N4O/c2*1-30(2)23-13-9-11-19-15-17-21(27(25(19)23)32(5)6)29(34)22-18-16-20-12-10-14-24(31(3)4)26(20)28(22)33(7)8/h2*9-18,29,34H,1-8H3. The molecule has 0 radical (unpaired) electrons. The Bertz CT molecular complexity index is 2680. The van der Waals surface area contributed by atoms with Gasteiger partial charge in [-0.15, -0.1) is 0 Å². The van der Waals surface area contributed by atoms with Crippen LogP contribution in [0, 0.1) is 0 Å². The lowest BCUT2D eigenvalue weighted by Crippen LogP contribution is -2.19. The Hall–Kier alpha value is -6.88. The fraction of sp³-hybridized carbons (Fsp3) is 0.310. The second kappa shape index (κ2) is 19.8. The molecule has 8 rings (SSSR count). The molecule has 0 saturated carbocycles. The zero-order valence-corrected chi connectivity index (χ0v) is 43.2. The van der Waals surface area contributed by atoms with E-state index < -0.39 is 12.2 Å². The predicted molar refractivity (Wildman–Crippen MR) is 299 cm³/mol. The molecule has 0 aliphatic carbocycles. The predicted octanol–water partition coefficient (Wildman–Crippen LogP) is 10.7. The lowest BCUT2D eigenvalue weighted by Gasteiger charge is -2.29. The average molecular weight is 913 g/mol. The number of aliphatic hydroxyl groups excluding tert-OH is 2. The van der Waals surface area contributed by atoms with Crippen LogP contribution in [-0.4, -0.2) is 123 Å². The summed E-state index contributed by atoms with van der Waals surface area (Å²) in [5.41, 5.74) is 12.3. The number of rotatable bonds is 12. The highest BCUT2D eigenvalue weighted by atomic mass is 16.3. The lowest BCUT2D eigenvalue weighted by atomic mass is 9.91. The van der Waals surface area contributed by atoms with E-state index in [1.165, 1.54) is 0 Å². The van der Waals surface area contributed by atoms with Gasteiger partial charge in [-0.25, -0.2) is 0 Å². The van der Waals surface area contributed by atoms with E-state index in [1.807, 2.05) is 0 Å². The molecule has 0 heterocycles. The van der Waals surface area contributed by atoms with Gasteiger partial charge in [0.2, 0.25) is 0 Å². The Morgan fingerprint density at radius 2 is 0.441 bits per heavy atom. The summed E-state index contributed by atoms with van der Waals surface area (Å²) in [4.78, 5) is 17.0. The fourth-order valence-electron chi connectivity index (χ4n) is 10.1. The first-order valence-electron chi connectivity index (χ1n) is 23.2. The first-order chi connectivity index (χ1) is 32.3. The summed E-state index contributed by atoms with van der Waals surface area (Å²) in [5.74, 6) is 0. The van der Waals surface area contributed by atoms with Crippen LogP contribution in [0.3, 0.4) is 0 Å². The average Bonchev–Trinajstić information content (AvgIpc) is 3.30. The number of benzene rings is 8. The summed E-state index contributed by atoms with van der Waals surface area (Å²) in [6.07, 6.45) is -1.57. The number of anilines is 8. The third-order valence-corrected chi connectivity index (χ3v) is 13.0. The second-order valence-corrected chi connectivity index (χ2v) is 19.5. The van der Waals surface area contributed by atoms with Crippen molar-refractivity contribution in [3.05, 3.63) is 144 Å². The van der Waals surface area contributed by atoms with E-state index in [-0.39, 0.29) is 0 Å². The smallest absolute Gasteiger partial charge is 0.108 e. The Kier molecular flexibility index (Phi) is 14.2.